The second-order valence-electron chi connectivity index (χ2n) is 13.1. The summed E-state index contributed by atoms with van der Waals surface area (Å²) < 4.78 is 5.40. The highest BCUT2D eigenvalue weighted by molar-refractivity contribution is 6.16. The van der Waals surface area contributed by atoms with E-state index in [0.29, 0.717) is 11.1 Å². The van der Waals surface area contributed by atoms with Gasteiger partial charge in [-0.3, -0.25) is 14.5 Å². The average molecular weight is 557 g/mol. The third kappa shape index (κ3) is 4.69. The Balaban J connectivity index is 1.71. The number of amides is 1. The van der Waals surface area contributed by atoms with Gasteiger partial charge in [0.25, 0.3) is 5.91 Å². The summed E-state index contributed by atoms with van der Waals surface area (Å²) in [5, 5.41) is 0.922. The fraction of sp³-hybridized carbons (Fsp3) is 0.243. The number of carbonyl (C=O) groups excluding carboxylic acids is 2. The molecule has 5 aromatic rings. The monoisotopic (exact) mass is 556 g/mol. The summed E-state index contributed by atoms with van der Waals surface area (Å²) in [6.45, 7) is 12.7. The number of H-pyrrole nitrogens is 1. The van der Waals surface area contributed by atoms with Crippen LogP contribution in [-0.4, -0.2) is 16.7 Å². The average Bonchev–Trinajstić information content (AvgIpc) is 3.62. The van der Waals surface area contributed by atoms with Crippen LogP contribution in [0.25, 0.3) is 22.2 Å². The summed E-state index contributed by atoms with van der Waals surface area (Å²) in [5.41, 5.74) is 6.80. The zero-order valence-corrected chi connectivity index (χ0v) is 25.0. The van der Waals surface area contributed by atoms with Gasteiger partial charge in [-0.25, -0.2) is 0 Å². The molecule has 1 amide bonds. The van der Waals surface area contributed by atoms with Crippen LogP contribution in [0.3, 0.4) is 0 Å². The lowest BCUT2D eigenvalue weighted by molar-refractivity contribution is 0.0969. The van der Waals surface area contributed by atoms with Gasteiger partial charge in [0.2, 0.25) is 0 Å². The Labute approximate surface area is 246 Å². The number of allylic oxidation sites excluding steroid dienone is 1. The lowest BCUT2D eigenvalue weighted by Gasteiger charge is -2.41. The number of para-hydroxylation sites is 1. The fourth-order valence-electron chi connectivity index (χ4n) is 5.91. The largest absolute Gasteiger partial charge is 0.472 e. The van der Waals surface area contributed by atoms with Gasteiger partial charge in [-0.2, -0.15) is 0 Å². The predicted molar refractivity (Wildman–Crippen MR) is 169 cm³/mol. The quantitative estimate of drug-likeness (QED) is 0.240. The molecule has 0 saturated carbocycles. The summed E-state index contributed by atoms with van der Waals surface area (Å²) in [5.74, 6) is -0.235. The number of furan rings is 1. The van der Waals surface area contributed by atoms with E-state index in [1.54, 1.807) is 12.1 Å². The van der Waals surface area contributed by atoms with Crippen LogP contribution >= 0.6 is 0 Å². The van der Waals surface area contributed by atoms with Crippen molar-refractivity contribution in [1.82, 2.24) is 4.98 Å². The molecule has 5 nitrogen and oxygen atoms in total. The van der Waals surface area contributed by atoms with Crippen LogP contribution in [0.15, 0.2) is 107 Å². The molecule has 5 heteroatoms. The Kier molecular flexibility index (Phi) is 6.57. The molecule has 0 bridgehead atoms. The number of rotatable bonds is 4. The van der Waals surface area contributed by atoms with E-state index in [2.05, 4.69) is 52.6 Å². The molecule has 212 valence electrons. The minimum absolute atomic E-state index is 0.0322. The van der Waals surface area contributed by atoms with Crippen molar-refractivity contribution in [3.05, 3.63) is 125 Å². The van der Waals surface area contributed by atoms with Gasteiger partial charge in [-0.05, 0) is 51.8 Å². The molecule has 1 aliphatic carbocycles. The molecule has 1 N–H and O–H groups in total. The molecule has 0 aliphatic heterocycles. The van der Waals surface area contributed by atoms with Crippen LogP contribution in [0.2, 0.25) is 0 Å². The van der Waals surface area contributed by atoms with Gasteiger partial charge < -0.3 is 9.40 Å². The molecule has 2 heterocycles. The lowest BCUT2D eigenvalue weighted by Crippen LogP contribution is -2.41. The normalized spacial score (nSPS) is 15.4. The van der Waals surface area contributed by atoms with Gasteiger partial charge in [0, 0.05) is 22.0 Å². The number of aromatic amines is 1. The van der Waals surface area contributed by atoms with Crippen LogP contribution < -0.4 is 4.90 Å². The molecule has 0 spiro atoms. The van der Waals surface area contributed by atoms with E-state index in [9.17, 15) is 9.59 Å². The maximum atomic E-state index is 14.8. The van der Waals surface area contributed by atoms with Crippen molar-refractivity contribution in [3.8, 4) is 11.3 Å². The fourth-order valence-corrected chi connectivity index (χ4v) is 5.91. The van der Waals surface area contributed by atoms with Crippen LogP contribution in [0.5, 0.6) is 0 Å². The highest BCUT2D eigenvalue weighted by atomic mass is 16.3. The first-order chi connectivity index (χ1) is 19.9. The van der Waals surface area contributed by atoms with Crippen molar-refractivity contribution in [1.29, 1.82) is 0 Å². The van der Waals surface area contributed by atoms with Gasteiger partial charge in [-0.15, -0.1) is 0 Å². The summed E-state index contributed by atoms with van der Waals surface area (Å²) in [4.78, 5) is 34.0. The molecule has 0 fully saturated rings. The van der Waals surface area contributed by atoms with Crippen molar-refractivity contribution >= 4 is 28.3 Å². The number of benzene rings is 3. The van der Waals surface area contributed by atoms with Crippen molar-refractivity contribution in [3.63, 3.8) is 0 Å². The van der Waals surface area contributed by atoms with E-state index >= 15 is 0 Å². The molecule has 1 aliphatic rings. The van der Waals surface area contributed by atoms with E-state index < -0.39 is 11.5 Å². The Hall–Kier alpha value is -4.64. The number of ketones is 1. The number of anilines is 1. The number of carbonyl (C=O) groups is 2. The van der Waals surface area contributed by atoms with E-state index in [4.69, 9.17) is 4.42 Å². The molecule has 0 saturated heterocycles. The van der Waals surface area contributed by atoms with Crippen LogP contribution in [0.4, 0.5) is 5.69 Å². The molecule has 1 atom stereocenters. The zero-order chi connectivity index (χ0) is 29.8. The third-order valence-corrected chi connectivity index (χ3v) is 8.15. The predicted octanol–water partition coefficient (Wildman–Crippen LogP) is 9.28. The smallest absolute Gasteiger partial charge is 0.262 e. The van der Waals surface area contributed by atoms with Gasteiger partial charge in [0.05, 0.1) is 29.2 Å². The molecule has 42 heavy (non-hydrogen) atoms. The lowest BCUT2D eigenvalue weighted by atomic mass is 9.72. The maximum absolute atomic E-state index is 14.8. The molecule has 1 unspecified atom stereocenters. The van der Waals surface area contributed by atoms with Crippen LogP contribution in [-0.2, 0) is 5.41 Å². The second kappa shape index (κ2) is 10.0. The number of hydrogen-bond donors (Lipinski definition) is 1. The molecular weight excluding hydrogens is 520 g/mol. The number of nitrogens with zero attached hydrogens (tertiary/aromatic N) is 1. The van der Waals surface area contributed by atoms with Gasteiger partial charge in [-0.1, -0.05) is 102 Å². The zero-order valence-electron chi connectivity index (χ0n) is 25.0. The molecule has 3 aromatic carbocycles. The SMILES string of the molecule is CC(C)(C)C1=CC(=O)c2cc(C(C)(C)C)ccc2C1N(C(=O)c1ccoc1)c1c(-c2ccccc2)[nH]c2ccccc12. The summed E-state index contributed by atoms with van der Waals surface area (Å²) in [6.07, 6.45) is 4.77. The van der Waals surface area contributed by atoms with E-state index in [1.165, 1.54) is 12.5 Å². The number of fused-ring (bicyclic) bond motifs is 2. The molecule has 6 rings (SSSR count). The minimum atomic E-state index is -0.532. The van der Waals surface area contributed by atoms with E-state index in [-0.39, 0.29) is 17.1 Å². The Morgan fingerprint density at radius 1 is 0.857 bits per heavy atom. The Morgan fingerprint density at radius 2 is 1.57 bits per heavy atom. The minimum Gasteiger partial charge on any atom is -0.472 e. The Bertz CT molecular complexity index is 1830. The number of aromatic nitrogens is 1. The second-order valence-corrected chi connectivity index (χ2v) is 13.1. The topological polar surface area (TPSA) is 66.3 Å². The number of hydrogen-bond acceptors (Lipinski definition) is 3. The first kappa shape index (κ1) is 27.5. The summed E-state index contributed by atoms with van der Waals surface area (Å²) in [7, 11) is 0. The highest BCUT2D eigenvalue weighted by Gasteiger charge is 2.42. The van der Waals surface area contributed by atoms with Crippen molar-refractivity contribution in [2.45, 2.75) is 53.0 Å². The molecule has 2 aromatic heterocycles. The standard InChI is InChI=1S/C37H36N2O3/c1-36(2,3)25-16-17-26-28(20-25)31(40)21-29(37(4,5)6)33(26)39(35(41)24-18-19-42-22-24)34-27-14-10-11-15-30(27)38-32(34)23-12-8-7-9-13-23/h7-22,33,38H,1-6H3. The Morgan fingerprint density at radius 3 is 2.24 bits per heavy atom. The van der Waals surface area contributed by atoms with Crippen molar-refractivity contribution in [2.24, 2.45) is 5.41 Å². The third-order valence-electron chi connectivity index (χ3n) is 8.15. The van der Waals surface area contributed by atoms with Crippen molar-refractivity contribution < 1.29 is 14.0 Å². The van der Waals surface area contributed by atoms with Crippen LogP contribution in [0.1, 0.15) is 79.4 Å². The first-order valence-corrected chi connectivity index (χ1v) is 14.4. The highest BCUT2D eigenvalue weighted by Crippen LogP contribution is 2.50. The van der Waals surface area contributed by atoms with Crippen LogP contribution in [0, 0.1) is 5.41 Å². The van der Waals surface area contributed by atoms with Gasteiger partial charge >= 0.3 is 0 Å². The van der Waals surface area contributed by atoms with Crippen molar-refractivity contribution in [2.75, 3.05) is 4.90 Å². The van der Waals surface area contributed by atoms with E-state index in [0.717, 1.165) is 44.5 Å². The maximum Gasteiger partial charge on any atom is 0.262 e. The summed E-state index contributed by atoms with van der Waals surface area (Å²) >= 11 is 0. The molecular formula is C37H36N2O3. The molecule has 0 radical (unpaired) electrons. The first-order valence-electron chi connectivity index (χ1n) is 14.4. The number of nitrogens with one attached hydrogen (secondary N) is 1. The summed E-state index contributed by atoms with van der Waals surface area (Å²) in [6, 6.07) is 25.4. The van der Waals surface area contributed by atoms with E-state index in [1.807, 2.05) is 71.6 Å². The van der Waals surface area contributed by atoms with Gasteiger partial charge in [0.15, 0.2) is 5.78 Å². The van der Waals surface area contributed by atoms with Gasteiger partial charge in [0.1, 0.15) is 6.26 Å².